The molecule has 0 heterocycles. The van der Waals surface area contributed by atoms with Gasteiger partial charge < -0.3 is 10.5 Å². The average molecular weight is 282 g/mol. The fourth-order valence-corrected chi connectivity index (χ4v) is 1.08. The Morgan fingerprint density at radius 1 is 1.12 bits per heavy atom. The second-order valence-corrected chi connectivity index (χ2v) is 4.72. The van der Waals surface area contributed by atoms with Crippen LogP contribution in [0.3, 0.4) is 0 Å². The first-order chi connectivity index (χ1) is 8.09. The van der Waals surface area contributed by atoms with Crippen LogP contribution in [0.15, 0.2) is 0 Å². The van der Waals surface area contributed by atoms with Gasteiger partial charge in [0.15, 0.2) is 0 Å². The van der Waals surface area contributed by atoms with Crippen molar-refractivity contribution in [1.82, 2.24) is 3.71 Å². The quantitative estimate of drug-likeness (QED) is 0.495. The van der Waals surface area contributed by atoms with Gasteiger partial charge in [-0.3, -0.25) is 0 Å². The lowest BCUT2D eigenvalue weighted by Crippen LogP contribution is -2.13. The molecule has 104 valence electrons. The molecule has 0 aromatic rings. The van der Waals surface area contributed by atoms with Gasteiger partial charge in [-0.05, 0) is 45.0 Å². The highest BCUT2D eigenvalue weighted by Gasteiger charge is 2.04. The third-order valence-electron chi connectivity index (χ3n) is 1.94. The van der Waals surface area contributed by atoms with Gasteiger partial charge in [0, 0.05) is 0 Å². The molecule has 0 rings (SSSR count). The molecule has 0 spiro atoms. The summed E-state index contributed by atoms with van der Waals surface area (Å²) in [6.45, 7) is 5.57. The Kier molecular flexibility index (Phi) is 18.1. The van der Waals surface area contributed by atoms with Gasteiger partial charge >= 0.3 is 6.09 Å². The van der Waals surface area contributed by atoms with Gasteiger partial charge in [0.1, 0.15) is 0 Å². The lowest BCUT2D eigenvalue weighted by Gasteiger charge is -2.07. The fourth-order valence-electron chi connectivity index (χ4n) is 0.964. The van der Waals surface area contributed by atoms with Gasteiger partial charge in [0.2, 0.25) is 0 Å². The van der Waals surface area contributed by atoms with E-state index in [0.717, 1.165) is 29.5 Å². The molecule has 0 aliphatic carbocycles. The zero-order valence-corrected chi connectivity index (χ0v) is 12.7. The first kappa shape index (κ1) is 19.3. The Morgan fingerprint density at radius 2 is 1.65 bits per heavy atom. The van der Waals surface area contributed by atoms with Crippen LogP contribution in [0.4, 0.5) is 4.79 Å². The molecule has 0 aliphatic heterocycles. The van der Waals surface area contributed by atoms with E-state index in [1.807, 2.05) is 0 Å². The minimum atomic E-state index is -0.521. The van der Waals surface area contributed by atoms with Crippen LogP contribution < -0.4 is 5.73 Å². The van der Waals surface area contributed by atoms with Crippen molar-refractivity contribution in [1.29, 1.82) is 0 Å². The largest absolute Gasteiger partial charge is 0.448 e. The molecule has 0 radical (unpaired) electrons. The number of ether oxygens (including phenoxy) is 1. The van der Waals surface area contributed by atoms with Crippen molar-refractivity contribution in [2.75, 3.05) is 13.2 Å². The number of hydrogen-bond donors (Lipinski definition) is 3. The number of amides is 1. The van der Waals surface area contributed by atoms with Crippen LogP contribution in [0.2, 0.25) is 0 Å². The number of hydrogen-bond acceptors (Lipinski definition) is 5. The SMILES string of the molecule is CCCCCN.CCCCCOC(=O)N(S)S. The van der Waals surface area contributed by atoms with Crippen molar-refractivity contribution in [3.63, 3.8) is 0 Å². The summed E-state index contributed by atoms with van der Waals surface area (Å²) in [4.78, 5) is 10.7. The minimum absolute atomic E-state index is 0.449. The molecule has 6 heteroatoms. The minimum Gasteiger partial charge on any atom is -0.448 e. The number of nitrogens with two attached hydrogens (primary N) is 1. The summed E-state index contributed by atoms with van der Waals surface area (Å²) in [5, 5.41) is 0. The number of carbonyl (C=O) groups excluding carboxylic acids is 1. The molecule has 4 nitrogen and oxygen atoms in total. The van der Waals surface area contributed by atoms with Gasteiger partial charge in [-0.2, -0.15) is 3.71 Å². The van der Waals surface area contributed by atoms with Gasteiger partial charge in [0.25, 0.3) is 0 Å². The van der Waals surface area contributed by atoms with E-state index in [-0.39, 0.29) is 0 Å². The third kappa shape index (κ3) is 18.5. The number of carbonyl (C=O) groups is 1. The topological polar surface area (TPSA) is 55.6 Å². The van der Waals surface area contributed by atoms with Crippen LogP contribution in [-0.2, 0) is 4.74 Å². The Labute approximate surface area is 116 Å². The van der Waals surface area contributed by atoms with Crippen LogP contribution in [0.1, 0.15) is 52.4 Å². The van der Waals surface area contributed by atoms with E-state index < -0.39 is 6.09 Å². The maximum Gasteiger partial charge on any atom is 0.429 e. The number of unbranched alkanes of at least 4 members (excludes halogenated alkanes) is 4. The molecule has 0 atom stereocenters. The molecule has 0 aromatic heterocycles. The summed E-state index contributed by atoms with van der Waals surface area (Å²) in [6.07, 6.45) is 6.32. The van der Waals surface area contributed by atoms with E-state index in [1.54, 1.807) is 0 Å². The van der Waals surface area contributed by atoms with E-state index in [9.17, 15) is 4.79 Å². The Bertz CT molecular complexity index is 166. The van der Waals surface area contributed by atoms with E-state index in [4.69, 9.17) is 10.5 Å². The number of rotatable bonds is 7. The molecule has 0 aliphatic rings. The summed E-state index contributed by atoms with van der Waals surface area (Å²) >= 11 is 7.28. The highest BCUT2D eigenvalue weighted by molar-refractivity contribution is 7.94. The van der Waals surface area contributed by atoms with Crippen molar-refractivity contribution in [3.05, 3.63) is 0 Å². The van der Waals surface area contributed by atoms with Crippen molar-refractivity contribution >= 4 is 31.7 Å². The molecule has 0 saturated heterocycles. The molecular weight excluding hydrogens is 256 g/mol. The van der Waals surface area contributed by atoms with E-state index >= 15 is 0 Å². The van der Waals surface area contributed by atoms with Crippen LogP contribution in [0.5, 0.6) is 0 Å². The molecule has 17 heavy (non-hydrogen) atoms. The predicted molar refractivity (Wildman–Crippen MR) is 79.3 cm³/mol. The molecule has 2 N–H and O–H groups in total. The van der Waals surface area contributed by atoms with Gasteiger partial charge in [-0.25, -0.2) is 4.79 Å². The van der Waals surface area contributed by atoms with Crippen LogP contribution >= 0.6 is 25.6 Å². The van der Waals surface area contributed by atoms with Crippen LogP contribution in [0, 0.1) is 0 Å². The summed E-state index contributed by atoms with van der Waals surface area (Å²) < 4.78 is 5.57. The maximum atomic E-state index is 10.7. The van der Waals surface area contributed by atoms with Gasteiger partial charge in [-0.1, -0.05) is 39.5 Å². The first-order valence-electron chi connectivity index (χ1n) is 6.14. The highest BCUT2D eigenvalue weighted by Crippen LogP contribution is 2.02. The molecule has 0 bridgehead atoms. The average Bonchev–Trinajstić information content (AvgIpc) is 2.32. The maximum absolute atomic E-state index is 10.7. The lowest BCUT2D eigenvalue weighted by molar-refractivity contribution is 0.140. The Morgan fingerprint density at radius 3 is 2.00 bits per heavy atom. The molecule has 1 amide bonds. The lowest BCUT2D eigenvalue weighted by atomic mass is 10.3. The van der Waals surface area contributed by atoms with E-state index in [2.05, 4.69) is 39.5 Å². The van der Waals surface area contributed by atoms with Gasteiger partial charge in [0.05, 0.1) is 6.61 Å². The highest BCUT2D eigenvalue weighted by atomic mass is 32.2. The smallest absolute Gasteiger partial charge is 0.429 e. The summed E-state index contributed by atoms with van der Waals surface area (Å²) in [5.41, 5.74) is 5.21. The van der Waals surface area contributed by atoms with Crippen LogP contribution in [-0.4, -0.2) is 23.0 Å². The first-order valence-corrected chi connectivity index (χ1v) is 6.94. The van der Waals surface area contributed by atoms with Crippen molar-refractivity contribution in [2.24, 2.45) is 5.73 Å². The van der Waals surface area contributed by atoms with E-state index in [0.29, 0.717) is 6.61 Å². The van der Waals surface area contributed by atoms with Gasteiger partial charge in [-0.15, -0.1) is 0 Å². The monoisotopic (exact) mass is 282 g/mol. The molecule has 0 unspecified atom stereocenters. The van der Waals surface area contributed by atoms with E-state index in [1.165, 1.54) is 19.3 Å². The normalized spacial score (nSPS) is 9.24. The second-order valence-electron chi connectivity index (χ2n) is 3.61. The predicted octanol–water partition coefficient (Wildman–Crippen LogP) is 3.44. The van der Waals surface area contributed by atoms with Crippen molar-refractivity contribution in [3.8, 4) is 0 Å². The number of nitrogens with zero attached hydrogens (tertiary/aromatic N) is 1. The number of thiol groups is 2. The van der Waals surface area contributed by atoms with Crippen LogP contribution in [0.25, 0.3) is 0 Å². The van der Waals surface area contributed by atoms with Crippen molar-refractivity contribution < 1.29 is 9.53 Å². The summed E-state index contributed by atoms with van der Waals surface area (Å²) in [5.74, 6) is 0. The summed E-state index contributed by atoms with van der Waals surface area (Å²) in [7, 11) is 0. The zero-order chi connectivity index (χ0) is 13.5. The molecule has 0 fully saturated rings. The van der Waals surface area contributed by atoms with Crippen molar-refractivity contribution in [2.45, 2.75) is 52.4 Å². The second kappa shape index (κ2) is 15.9. The fraction of sp³-hybridized carbons (Fsp3) is 0.909. The standard InChI is InChI=1S/C6H13NO2S2.C5H13N/c1-2-3-4-5-9-6(8)7(10)11;1-2-3-4-5-6/h10-11H,2-5H2,1H3;2-6H2,1H3. The Hall–Kier alpha value is -0.0700. The Balaban J connectivity index is 0. The molecular formula is C11H26N2O2S2. The molecule has 0 saturated carbocycles. The third-order valence-corrected chi connectivity index (χ3v) is 2.27. The zero-order valence-electron chi connectivity index (χ0n) is 10.9. The molecule has 0 aromatic carbocycles. The summed E-state index contributed by atoms with van der Waals surface area (Å²) in [6, 6.07) is 0.